The minimum absolute atomic E-state index is 0.0270. The Hall–Kier alpha value is -0.0900. The van der Waals surface area contributed by atoms with E-state index in [-0.39, 0.29) is 5.25 Å². The molecule has 0 bridgehead atoms. The van der Waals surface area contributed by atoms with Crippen LogP contribution in [0.2, 0.25) is 0 Å². The van der Waals surface area contributed by atoms with E-state index in [9.17, 15) is 8.42 Å². The van der Waals surface area contributed by atoms with Crippen molar-refractivity contribution >= 4 is 9.84 Å². The van der Waals surface area contributed by atoms with Gasteiger partial charge in [0.25, 0.3) is 0 Å². The molecule has 0 radical (unpaired) electrons. The molecule has 0 spiro atoms. The van der Waals surface area contributed by atoms with E-state index < -0.39 is 9.84 Å². The summed E-state index contributed by atoms with van der Waals surface area (Å²) in [5.74, 6) is 0.388. The molecule has 4 heteroatoms. The monoisotopic (exact) mass is 233 g/mol. The van der Waals surface area contributed by atoms with Gasteiger partial charge in [0, 0.05) is 0 Å². The van der Waals surface area contributed by atoms with Gasteiger partial charge in [-0.3, -0.25) is 0 Å². The van der Waals surface area contributed by atoms with Crippen molar-refractivity contribution in [3.05, 3.63) is 0 Å². The van der Waals surface area contributed by atoms with Crippen LogP contribution >= 0.6 is 0 Å². The zero-order valence-corrected chi connectivity index (χ0v) is 10.5. The first kappa shape index (κ1) is 13.0. The molecule has 1 rings (SSSR count). The van der Waals surface area contributed by atoms with Crippen LogP contribution in [-0.2, 0) is 9.84 Å². The maximum absolute atomic E-state index is 11.9. The van der Waals surface area contributed by atoms with Gasteiger partial charge >= 0.3 is 0 Å². The highest BCUT2D eigenvalue weighted by atomic mass is 32.2. The van der Waals surface area contributed by atoms with Crippen LogP contribution in [0.25, 0.3) is 0 Å². The summed E-state index contributed by atoms with van der Waals surface area (Å²) < 4.78 is 23.9. The molecule has 0 unspecified atom stereocenters. The maximum atomic E-state index is 11.9. The third kappa shape index (κ3) is 4.51. The topological polar surface area (TPSA) is 46.2 Å². The molecule has 1 aliphatic rings. The summed E-state index contributed by atoms with van der Waals surface area (Å²) in [6.07, 6.45) is 6.97. The predicted molar refractivity (Wildman–Crippen MR) is 63.8 cm³/mol. The normalized spacial score (nSPS) is 19.3. The Balaban J connectivity index is 2.30. The molecule has 1 N–H and O–H groups in total. The Morgan fingerprint density at radius 3 is 2.40 bits per heavy atom. The number of unbranched alkanes of at least 4 members (excludes halogenated alkanes) is 1. The molecule has 0 saturated heterocycles. The van der Waals surface area contributed by atoms with Gasteiger partial charge in [-0.1, -0.05) is 19.3 Å². The second kappa shape index (κ2) is 6.48. The molecule has 1 fully saturated rings. The lowest BCUT2D eigenvalue weighted by Crippen LogP contribution is -2.26. The second-order valence-electron chi connectivity index (χ2n) is 4.44. The highest BCUT2D eigenvalue weighted by Gasteiger charge is 2.26. The van der Waals surface area contributed by atoms with Crippen LogP contribution in [0.5, 0.6) is 0 Å². The van der Waals surface area contributed by atoms with Crippen molar-refractivity contribution < 1.29 is 8.42 Å². The van der Waals surface area contributed by atoms with Crippen LogP contribution in [0.3, 0.4) is 0 Å². The second-order valence-corrected chi connectivity index (χ2v) is 6.84. The lowest BCUT2D eigenvalue weighted by Gasteiger charge is -2.21. The van der Waals surface area contributed by atoms with Crippen molar-refractivity contribution in [3.63, 3.8) is 0 Å². The fourth-order valence-corrected chi connectivity index (χ4v) is 4.19. The van der Waals surface area contributed by atoms with Gasteiger partial charge in [0.15, 0.2) is 9.84 Å². The highest BCUT2D eigenvalue weighted by molar-refractivity contribution is 7.92. The standard InChI is InChI=1S/C11H23NO2S/c1-12-9-5-6-10-15(13,14)11-7-3-2-4-8-11/h11-12H,2-10H2,1H3. The first-order valence-corrected chi connectivity index (χ1v) is 7.74. The molecule has 0 atom stereocenters. The van der Waals surface area contributed by atoms with Gasteiger partial charge in [0.2, 0.25) is 0 Å². The van der Waals surface area contributed by atoms with E-state index in [0.29, 0.717) is 5.75 Å². The largest absolute Gasteiger partial charge is 0.320 e. The Morgan fingerprint density at radius 1 is 1.13 bits per heavy atom. The van der Waals surface area contributed by atoms with E-state index in [4.69, 9.17) is 0 Å². The molecule has 1 saturated carbocycles. The molecular weight excluding hydrogens is 210 g/mol. The third-order valence-electron chi connectivity index (χ3n) is 3.17. The summed E-state index contributed by atoms with van der Waals surface area (Å²) in [5, 5.41) is 3.01. The smallest absolute Gasteiger partial charge is 0.153 e. The first-order chi connectivity index (χ1) is 7.17. The molecule has 0 heterocycles. The molecule has 0 aliphatic heterocycles. The summed E-state index contributed by atoms with van der Waals surface area (Å²) in [6, 6.07) is 0. The maximum Gasteiger partial charge on any atom is 0.153 e. The van der Waals surface area contributed by atoms with Crippen LogP contribution in [-0.4, -0.2) is 33.0 Å². The number of nitrogens with one attached hydrogen (secondary N) is 1. The Labute approximate surface area is 93.6 Å². The Kier molecular flexibility index (Phi) is 5.61. The number of rotatable bonds is 6. The average Bonchev–Trinajstić information content (AvgIpc) is 2.26. The molecule has 0 aromatic rings. The van der Waals surface area contributed by atoms with Gasteiger partial charge in [-0.25, -0.2) is 8.42 Å². The lowest BCUT2D eigenvalue weighted by atomic mass is 10.0. The lowest BCUT2D eigenvalue weighted by molar-refractivity contribution is 0.482. The molecular formula is C11H23NO2S. The molecule has 0 aromatic carbocycles. The van der Waals surface area contributed by atoms with Crippen molar-refractivity contribution in [2.24, 2.45) is 0 Å². The Bertz CT molecular complexity index is 256. The van der Waals surface area contributed by atoms with E-state index >= 15 is 0 Å². The summed E-state index contributed by atoms with van der Waals surface area (Å²) in [7, 11) is -0.893. The van der Waals surface area contributed by atoms with Gasteiger partial charge in [0.1, 0.15) is 0 Å². The van der Waals surface area contributed by atoms with Crippen molar-refractivity contribution in [1.82, 2.24) is 5.32 Å². The quantitative estimate of drug-likeness (QED) is 0.711. The van der Waals surface area contributed by atoms with Gasteiger partial charge in [-0.2, -0.15) is 0 Å². The molecule has 0 aromatic heterocycles. The predicted octanol–water partition coefficient (Wildman–Crippen LogP) is 1.73. The fourth-order valence-electron chi connectivity index (χ4n) is 2.20. The molecule has 90 valence electrons. The summed E-state index contributed by atoms with van der Waals surface area (Å²) >= 11 is 0. The van der Waals surface area contributed by atoms with E-state index in [1.165, 1.54) is 6.42 Å². The fraction of sp³-hybridized carbons (Fsp3) is 1.00. The number of hydrogen-bond donors (Lipinski definition) is 1. The van der Waals surface area contributed by atoms with Crippen molar-refractivity contribution in [2.75, 3.05) is 19.3 Å². The van der Waals surface area contributed by atoms with Gasteiger partial charge in [-0.05, 0) is 39.3 Å². The first-order valence-electron chi connectivity index (χ1n) is 6.03. The molecule has 1 aliphatic carbocycles. The van der Waals surface area contributed by atoms with Gasteiger partial charge in [-0.15, -0.1) is 0 Å². The molecule has 0 amide bonds. The van der Waals surface area contributed by atoms with Crippen LogP contribution < -0.4 is 5.32 Å². The minimum atomic E-state index is -2.79. The Morgan fingerprint density at radius 2 is 1.80 bits per heavy atom. The highest BCUT2D eigenvalue weighted by Crippen LogP contribution is 2.24. The summed E-state index contributed by atoms with van der Waals surface area (Å²) in [4.78, 5) is 0. The molecule has 3 nitrogen and oxygen atoms in total. The van der Waals surface area contributed by atoms with Crippen LogP contribution in [0.4, 0.5) is 0 Å². The number of sulfone groups is 1. The van der Waals surface area contributed by atoms with Crippen molar-refractivity contribution in [2.45, 2.75) is 50.2 Å². The SMILES string of the molecule is CNCCCCS(=O)(=O)C1CCCCC1. The van der Waals surface area contributed by atoms with E-state index in [1.54, 1.807) is 0 Å². The third-order valence-corrected chi connectivity index (χ3v) is 5.51. The van der Waals surface area contributed by atoms with Crippen molar-refractivity contribution in [1.29, 1.82) is 0 Å². The van der Waals surface area contributed by atoms with Crippen LogP contribution in [0.1, 0.15) is 44.9 Å². The van der Waals surface area contributed by atoms with Crippen LogP contribution in [0.15, 0.2) is 0 Å². The number of hydrogen-bond acceptors (Lipinski definition) is 3. The summed E-state index contributed by atoms with van der Waals surface area (Å²) in [5.41, 5.74) is 0. The molecule has 15 heavy (non-hydrogen) atoms. The average molecular weight is 233 g/mol. The van der Waals surface area contributed by atoms with Gasteiger partial charge < -0.3 is 5.32 Å². The van der Waals surface area contributed by atoms with E-state index in [1.807, 2.05) is 7.05 Å². The van der Waals surface area contributed by atoms with E-state index in [0.717, 1.165) is 45.1 Å². The van der Waals surface area contributed by atoms with Gasteiger partial charge in [0.05, 0.1) is 11.0 Å². The minimum Gasteiger partial charge on any atom is -0.320 e. The van der Waals surface area contributed by atoms with Crippen LogP contribution in [0, 0.1) is 0 Å². The summed E-state index contributed by atoms with van der Waals surface area (Å²) in [6.45, 7) is 0.917. The zero-order valence-electron chi connectivity index (χ0n) is 9.67. The van der Waals surface area contributed by atoms with E-state index in [2.05, 4.69) is 5.32 Å². The van der Waals surface area contributed by atoms with Crippen molar-refractivity contribution in [3.8, 4) is 0 Å². The zero-order chi connectivity index (χ0) is 11.1.